The Morgan fingerprint density at radius 2 is 2.05 bits per heavy atom. The van der Waals surface area contributed by atoms with Crippen LogP contribution < -0.4 is 16.0 Å². The average Bonchev–Trinajstić information content (AvgIpc) is 2.51. The monoisotopic (exact) mass is 291 g/mol. The molecular formula is C15H18FN3O2. The summed E-state index contributed by atoms with van der Waals surface area (Å²) >= 11 is 0. The molecule has 0 aliphatic rings. The Kier molecular flexibility index (Phi) is 5.62. The summed E-state index contributed by atoms with van der Waals surface area (Å²) in [5, 5.41) is 0. The first kappa shape index (κ1) is 15.4. The molecule has 0 amide bonds. The number of rotatable bonds is 7. The molecule has 1 aromatic heterocycles. The minimum atomic E-state index is -0.522. The molecule has 0 spiro atoms. The number of aromatic nitrogens is 1. The Morgan fingerprint density at radius 3 is 2.76 bits per heavy atom. The molecule has 21 heavy (non-hydrogen) atoms. The van der Waals surface area contributed by atoms with Crippen molar-refractivity contribution in [2.24, 2.45) is 5.84 Å². The highest BCUT2D eigenvalue weighted by Crippen LogP contribution is 2.30. The third kappa shape index (κ3) is 3.75. The van der Waals surface area contributed by atoms with Crippen molar-refractivity contribution < 1.29 is 13.9 Å². The maximum atomic E-state index is 13.9. The van der Waals surface area contributed by atoms with Crippen LogP contribution in [0.2, 0.25) is 0 Å². The van der Waals surface area contributed by atoms with Gasteiger partial charge in [-0.2, -0.15) is 0 Å². The molecule has 5 nitrogen and oxygen atoms in total. The van der Waals surface area contributed by atoms with Crippen molar-refractivity contribution in [1.82, 2.24) is 10.4 Å². The maximum absolute atomic E-state index is 13.9. The summed E-state index contributed by atoms with van der Waals surface area (Å²) in [4.78, 5) is 3.75. The van der Waals surface area contributed by atoms with E-state index in [1.807, 2.05) is 24.3 Å². The van der Waals surface area contributed by atoms with Crippen molar-refractivity contribution in [3.63, 3.8) is 0 Å². The van der Waals surface area contributed by atoms with Gasteiger partial charge in [0.05, 0.1) is 18.8 Å². The van der Waals surface area contributed by atoms with Crippen LogP contribution >= 0.6 is 0 Å². The van der Waals surface area contributed by atoms with Gasteiger partial charge in [0.1, 0.15) is 18.2 Å². The van der Waals surface area contributed by atoms with Crippen LogP contribution in [0.25, 0.3) is 0 Å². The number of methoxy groups -OCH3 is 1. The first-order chi connectivity index (χ1) is 10.3. The van der Waals surface area contributed by atoms with Gasteiger partial charge in [-0.25, -0.2) is 9.82 Å². The molecule has 0 saturated heterocycles. The highest BCUT2D eigenvalue weighted by atomic mass is 19.1. The predicted octanol–water partition coefficient (Wildman–Crippen LogP) is 1.80. The van der Waals surface area contributed by atoms with Crippen LogP contribution in [0.15, 0.2) is 42.7 Å². The number of ether oxygens (including phenoxy) is 2. The second-order valence-electron chi connectivity index (χ2n) is 4.38. The number of nitrogens with one attached hydrogen (secondary N) is 1. The number of nitrogens with two attached hydrogens (primary N) is 1. The van der Waals surface area contributed by atoms with E-state index < -0.39 is 11.9 Å². The zero-order valence-corrected chi connectivity index (χ0v) is 11.8. The lowest BCUT2D eigenvalue weighted by molar-refractivity contribution is 0.145. The Balaban J connectivity index is 2.32. The number of pyridine rings is 1. The quantitative estimate of drug-likeness (QED) is 0.462. The molecule has 2 rings (SSSR count). The van der Waals surface area contributed by atoms with Gasteiger partial charge in [-0.15, -0.1) is 0 Å². The molecule has 0 aliphatic heterocycles. The molecule has 0 radical (unpaired) electrons. The minimum absolute atomic E-state index is 0.406. The van der Waals surface area contributed by atoms with E-state index in [4.69, 9.17) is 15.3 Å². The zero-order valence-electron chi connectivity index (χ0n) is 11.8. The van der Waals surface area contributed by atoms with Gasteiger partial charge < -0.3 is 9.47 Å². The molecule has 0 saturated carbocycles. The van der Waals surface area contributed by atoms with Crippen LogP contribution in [-0.2, 0) is 4.74 Å². The summed E-state index contributed by atoms with van der Waals surface area (Å²) < 4.78 is 24.6. The van der Waals surface area contributed by atoms with Crippen molar-refractivity contribution >= 4 is 0 Å². The van der Waals surface area contributed by atoms with E-state index >= 15 is 0 Å². The molecule has 1 atom stereocenters. The lowest BCUT2D eigenvalue weighted by Gasteiger charge is -2.20. The van der Waals surface area contributed by atoms with Crippen molar-refractivity contribution in [3.8, 4) is 5.75 Å². The maximum Gasteiger partial charge on any atom is 0.146 e. The molecule has 6 heteroatoms. The van der Waals surface area contributed by atoms with Crippen LogP contribution in [0.5, 0.6) is 5.75 Å². The third-order valence-corrected chi connectivity index (χ3v) is 3.06. The fourth-order valence-electron chi connectivity index (χ4n) is 2.05. The van der Waals surface area contributed by atoms with Gasteiger partial charge in [-0.05, 0) is 12.1 Å². The zero-order chi connectivity index (χ0) is 15.1. The topological polar surface area (TPSA) is 69.4 Å². The highest BCUT2D eigenvalue weighted by molar-refractivity contribution is 5.41. The van der Waals surface area contributed by atoms with Crippen LogP contribution in [0.3, 0.4) is 0 Å². The lowest BCUT2D eigenvalue weighted by Crippen LogP contribution is -2.30. The summed E-state index contributed by atoms with van der Waals surface area (Å²) in [5.41, 5.74) is 3.79. The Bertz CT molecular complexity index is 580. The van der Waals surface area contributed by atoms with Crippen molar-refractivity contribution in [3.05, 3.63) is 59.7 Å². The van der Waals surface area contributed by atoms with Gasteiger partial charge in [-0.1, -0.05) is 18.2 Å². The van der Waals surface area contributed by atoms with E-state index in [-0.39, 0.29) is 0 Å². The summed E-state index contributed by atoms with van der Waals surface area (Å²) in [6.45, 7) is 0.877. The van der Waals surface area contributed by atoms with E-state index in [0.29, 0.717) is 24.5 Å². The smallest absolute Gasteiger partial charge is 0.146 e. The number of halogens is 1. The van der Waals surface area contributed by atoms with E-state index in [9.17, 15) is 4.39 Å². The number of para-hydroxylation sites is 1. The first-order valence-electron chi connectivity index (χ1n) is 6.54. The van der Waals surface area contributed by atoms with Gasteiger partial charge in [0, 0.05) is 24.4 Å². The molecule has 0 aliphatic carbocycles. The third-order valence-electron chi connectivity index (χ3n) is 3.06. The standard InChI is InChI=1S/C15H18FN3O2/c1-20-8-9-21-14-5-3-2-4-12(14)15(19-17)11-6-7-18-10-13(11)16/h2-7,10,15,19H,8-9,17H2,1H3. The number of hydrogen-bond donors (Lipinski definition) is 2. The summed E-state index contributed by atoms with van der Waals surface area (Å²) in [5.74, 6) is 5.82. The molecule has 0 fully saturated rings. The van der Waals surface area contributed by atoms with Gasteiger partial charge in [0.25, 0.3) is 0 Å². The molecule has 0 bridgehead atoms. The lowest BCUT2D eigenvalue weighted by atomic mass is 9.99. The van der Waals surface area contributed by atoms with Crippen LogP contribution in [-0.4, -0.2) is 25.3 Å². The van der Waals surface area contributed by atoms with Gasteiger partial charge >= 0.3 is 0 Å². The minimum Gasteiger partial charge on any atom is -0.491 e. The largest absolute Gasteiger partial charge is 0.491 e. The van der Waals surface area contributed by atoms with Crippen molar-refractivity contribution in [1.29, 1.82) is 0 Å². The Labute approximate surface area is 122 Å². The number of hydrazine groups is 1. The molecule has 3 N–H and O–H groups in total. The van der Waals surface area contributed by atoms with Crippen molar-refractivity contribution in [2.75, 3.05) is 20.3 Å². The average molecular weight is 291 g/mol. The van der Waals surface area contributed by atoms with Gasteiger partial charge in [-0.3, -0.25) is 10.8 Å². The highest BCUT2D eigenvalue weighted by Gasteiger charge is 2.20. The molecule has 2 aromatic rings. The second kappa shape index (κ2) is 7.68. The number of nitrogens with zero attached hydrogens (tertiary/aromatic N) is 1. The second-order valence-corrected chi connectivity index (χ2v) is 4.38. The SMILES string of the molecule is COCCOc1ccccc1C(NN)c1ccncc1F. The van der Waals surface area contributed by atoms with Crippen LogP contribution in [0.4, 0.5) is 4.39 Å². The summed E-state index contributed by atoms with van der Waals surface area (Å²) in [6, 6.07) is 8.42. The summed E-state index contributed by atoms with van der Waals surface area (Å²) in [7, 11) is 1.60. The number of hydrogen-bond acceptors (Lipinski definition) is 5. The molecular weight excluding hydrogens is 273 g/mol. The fourth-order valence-corrected chi connectivity index (χ4v) is 2.05. The molecule has 112 valence electrons. The normalized spacial score (nSPS) is 12.1. The fraction of sp³-hybridized carbons (Fsp3) is 0.267. The van der Waals surface area contributed by atoms with E-state index in [1.54, 1.807) is 13.2 Å². The molecule has 1 heterocycles. The van der Waals surface area contributed by atoms with Crippen molar-refractivity contribution in [2.45, 2.75) is 6.04 Å². The Hall–Kier alpha value is -2.02. The number of benzene rings is 1. The van der Waals surface area contributed by atoms with E-state index in [0.717, 1.165) is 11.8 Å². The molecule has 1 unspecified atom stereocenters. The van der Waals surface area contributed by atoms with E-state index in [2.05, 4.69) is 10.4 Å². The van der Waals surface area contributed by atoms with Crippen LogP contribution in [0.1, 0.15) is 17.2 Å². The predicted molar refractivity (Wildman–Crippen MR) is 77.2 cm³/mol. The molecule has 1 aromatic carbocycles. The van der Waals surface area contributed by atoms with Crippen LogP contribution in [0, 0.1) is 5.82 Å². The van der Waals surface area contributed by atoms with Gasteiger partial charge in [0.15, 0.2) is 0 Å². The first-order valence-corrected chi connectivity index (χ1v) is 6.54. The summed E-state index contributed by atoms with van der Waals surface area (Å²) in [6.07, 6.45) is 2.69. The van der Waals surface area contributed by atoms with E-state index in [1.165, 1.54) is 6.20 Å². The Morgan fingerprint density at radius 1 is 1.24 bits per heavy atom. The van der Waals surface area contributed by atoms with Gasteiger partial charge in [0.2, 0.25) is 0 Å².